The molecule has 0 spiro atoms. The van der Waals surface area contributed by atoms with E-state index in [2.05, 4.69) is 10.7 Å². The van der Waals surface area contributed by atoms with Gasteiger partial charge >= 0.3 is 12.0 Å². The molecule has 7 heteroatoms. The van der Waals surface area contributed by atoms with Crippen molar-refractivity contribution in [3.8, 4) is 0 Å². The number of hydrazine groups is 1. The third kappa shape index (κ3) is 4.58. The molecule has 0 saturated carbocycles. The predicted molar refractivity (Wildman–Crippen MR) is 60.3 cm³/mol. The molecule has 1 fully saturated rings. The largest absolute Gasteiger partial charge is 0.480 e. The van der Waals surface area contributed by atoms with Gasteiger partial charge in [0.05, 0.1) is 13.2 Å². The monoisotopic (exact) mass is 245 g/mol. The van der Waals surface area contributed by atoms with E-state index in [0.29, 0.717) is 26.3 Å². The lowest BCUT2D eigenvalue weighted by Gasteiger charge is -2.28. The summed E-state index contributed by atoms with van der Waals surface area (Å²) in [6.07, 6.45) is 0. The Labute approximate surface area is 100 Å². The molecule has 0 aromatic rings. The third-order valence-electron chi connectivity index (χ3n) is 2.49. The van der Waals surface area contributed by atoms with Crippen LogP contribution in [0.1, 0.15) is 13.8 Å². The highest BCUT2D eigenvalue weighted by Gasteiger charge is 2.24. The van der Waals surface area contributed by atoms with Crippen LogP contribution in [0.4, 0.5) is 4.79 Å². The Kier molecular flexibility index (Phi) is 5.17. The van der Waals surface area contributed by atoms with Crippen LogP contribution in [0.3, 0.4) is 0 Å². The molecule has 7 nitrogen and oxygen atoms in total. The number of nitrogens with zero attached hydrogens (tertiary/aromatic N) is 1. The van der Waals surface area contributed by atoms with Gasteiger partial charge in [-0.1, -0.05) is 13.8 Å². The number of carboxylic acids is 1. The number of carbonyl (C=O) groups excluding carboxylic acids is 1. The molecule has 17 heavy (non-hydrogen) atoms. The minimum atomic E-state index is -1.03. The molecule has 1 saturated heterocycles. The number of carbonyl (C=O) groups is 2. The molecule has 1 aliphatic rings. The van der Waals surface area contributed by atoms with E-state index >= 15 is 0 Å². The molecule has 0 bridgehead atoms. The summed E-state index contributed by atoms with van der Waals surface area (Å²) >= 11 is 0. The van der Waals surface area contributed by atoms with Gasteiger partial charge in [0.1, 0.15) is 6.04 Å². The van der Waals surface area contributed by atoms with E-state index in [9.17, 15) is 9.59 Å². The minimum absolute atomic E-state index is 0.164. The van der Waals surface area contributed by atoms with Crippen molar-refractivity contribution in [2.24, 2.45) is 5.92 Å². The second-order valence-corrected chi connectivity index (χ2v) is 4.24. The standard InChI is InChI=1S/C10H19N3O4/c1-7(2)8(9(14)15)11-10(16)12-13-3-5-17-6-4-13/h7-8H,3-6H2,1-2H3,(H,14,15)(H2,11,12,16)/t8-/m0/s1. The molecule has 0 aromatic heterocycles. The van der Waals surface area contributed by atoms with Gasteiger partial charge in [0, 0.05) is 13.1 Å². The quantitative estimate of drug-likeness (QED) is 0.629. The van der Waals surface area contributed by atoms with Crippen LogP contribution >= 0.6 is 0 Å². The van der Waals surface area contributed by atoms with Crippen LogP contribution in [0.5, 0.6) is 0 Å². The summed E-state index contributed by atoms with van der Waals surface area (Å²) in [5.41, 5.74) is 2.60. The van der Waals surface area contributed by atoms with E-state index in [1.54, 1.807) is 18.9 Å². The van der Waals surface area contributed by atoms with E-state index in [0.717, 1.165) is 0 Å². The summed E-state index contributed by atoms with van der Waals surface area (Å²) in [6.45, 7) is 5.82. The van der Waals surface area contributed by atoms with Gasteiger partial charge in [-0.25, -0.2) is 14.6 Å². The number of nitrogens with one attached hydrogen (secondary N) is 2. The van der Waals surface area contributed by atoms with Crippen molar-refractivity contribution in [2.75, 3.05) is 26.3 Å². The van der Waals surface area contributed by atoms with E-state index < -0.39 is 18.0 Å². The van der Waals surface area contributed by atoms with Crippen LogP contribution in [0.2, 0.25) is 0 Å². The lowest BCUT2D eigenvalue weighted by atomic mass is 10.1. The van der Waals surface area contributed by atoms with Gasteiger partial charge in [-0.3, -0.25) is 5.43 Å². The number of ether oxygens (including phenoxy) is 1. The fourth-order valence-electron chi connectivity index (χ4n) is 1.51. The van der Waals surface area contributed by atoms with Gasteiger partial charge in [0.15, 0.2) is 0 Å². The number of rotatable bonds is 4. The molecule has 1 rings (SSSR count). The zero-order valence-electron chi connectivity index (χ0n) is 10.1. The maximum absolute atomic E-state index is 11.6. The Morgan fingerprint density at radius 2 is 1.88 bits per heavy atom. The molecule has 2 amide bonds. The van der Waals surface area contributed by atoms with Gasteiger partial charge in [0.2, 0.25) is 0 Å². The number of aliphatic carboxylic acids is 1. The molecule has 98 valence electrons. The van der Waals surface area contributed by atoms with Crippen LogP contribution in [0.25, 0.3) is 0 Å². The highest BCUT2D eigenvalue weighted by Crippen LogP contribution is 2.01. The summed E-state index contributed by atoms with van der Waals surface area (Å²) < 4.78 is 5.13. The first-order valence-electron chi connectivity index (χ1n) is 5.63. The van der Waals surface area contributed by atoms with Crippen molar-refractivity contribution in [3.63, 3.8) is 0 Å². The average molecular weight is 245 g/mol. The van der Waals surface area contributed by atoms with Gasteiger partial charge in [-0.2, -0.15) is 0 Å². The number of hydrogen-bond acceptors (Lipinski definition) is 4. The van der Waals surface area contributed by atoms with E-state index in [4.69, 9.17) is 9.84 Å². The van der Waals surface area contributed by atoms with Gasteiger partial charge in [-0.05, 0) is 5.92 Å². The van der Waals surface area contributed by atoms with Crippen LogP contribution < -0.4 is 10.7 Å². The molecular weight excluding hydrogens is 226 g/mol. The number of amides is 2. The first kappa shape index (κ1) is 13.7. The zero-order chi connectivity index (χ0) is 12.8. The molecule has 0 unspecified atom stereocenters. The second-order valence-electron chi connectivity index (χ2n) is 4.24. The van der Waals surface area contributed by atoms with Crippen molar-refractivity contribution in [3.05, 3.63) is 0 Å². The van der Waals surface area contributed by atoms with E-state index in [-0.39, 0.29) is 5.92 Å². The number of urea groups is 1. The smallest absolute Gasteiger partial charge is 0.330 e. The molecule has 0 aromatic carbocycles. The fourth-order valence-corrected chi connectivity index (χ4v) is 1.51. The summed E-state index contributed by atoms with van der Waals surface area (Å²) in [6, 6.07) is -1.37. The number of hydrogen-bond donors (Lipinski definition) is 3. The normalized spacial score (nSPS) is 18.8. The van der Waals surface area contributed by atoms with Crippen molar-refractivity contribution in [1.29, 1.82) is 0 Å². The summed E-state index contributed by atoms with van der Waals surface area (Å²) in [7, 11) is 0. The number of morpholine rings is 1. The van der Waals surface area contributed by atoms with Crippen LogP contribution in [0.15, 0.2) is 0 Å². The summed E-state index contributed by atoms with van der Waals surface area (Å²) in [5.74, 6) is -1.19. The molecule has 0 radical (unpaired) electrons. The van der Waals surface area contributed by atoms with Gasteiger partial charge in [-0.15, -0.1) is 0 Å². The SMILES string of the molecule is CC(C)[C@H](NC(=O)NN1CCOCC1)C(=O)O. The number of carboxylic acid groups (broad SMARTS) is 1. The van der Waals surface area contributed by atoms with E-state index in [1.165, 1.54) is 0 Å². The minimum Gasteiger partial charge on any atom is -0.480 e. The highest BCUT2D eigenvalue weighted by molar-refractivity contribution is 5.82. The van der Waals surface area contributed by atoms with Crippen LogP contribution in [0, 0.1) is 5.92 Å². The topological polar surface area (TPSA) is 90.9 Å². The lowest BCUT2D eigenvalue weighted by molar-refractivity contribution is -0.140. The highest BCUT2D eigenvalue weighted by atomic mass is 16.5. The first-order chi connectivity index (χ1) is 8.00. The van der Waals surface area contributed by atoms with Crippen LogP contribution in [-0.2, 0) is 9.53 Å². The lowest BCUT2D eigenvalue weighted by Crippen LogP contribution is -2.55. The Bertz CT molecular complexity index is 277. The Hall–Kier alpha value is -1.34. The predicted octanol–water partition coefficient (Wildman–Crippen LogP) is -0.358. The molecule has 1 heterocycles. The average Bonchev–Trinajstić information content (AvgIpc) is 2.26. The third-order valence-corrected chi connectivity index (χ3v) is 2.49. The fraction of sp³-hybridized carbons (Fsp3) is 0.800. The van der Waals surface area contributed by atoms with Crippen molar-refractivity contribution >= 4 is 12.0 Å². The Morgan fingerprint density at radius 1 is 1.29 bits per heavy atom. The first-order valence-corrected chi connectivity index (χ1v) is 5.63. The second kappa shape index (κ2) is 6.41. The maximum atomic E-state index is 11.6. The maximum Gasteiger partial charge on any atom is 0.330 e. The Balaban J connectivity index is 2.38. The van der Waals surface area contributed by atoms with Crippen molar-refractivity contribution in [1.82, 2.24) is 15.8 Å². The molecule has 1 atom stereocenters. The van der Waals surface area contributed by atoms with Gasteiger partial charge in [0.25, 0.3) is 0 Å². The Morgan fingerprint density at radius 3 is 2.35 bits per heavy atom. The van der Waals surface area contributed by atoms with Crippen molar-refractivity contribution in [2.45, 2.75) is 19.9 Å². The van der Waals surface area contributed by atoms with Crippen molar-refractivity contribution < 1.29 is 19.4 Å². The molecule has 1 aliphatic heterocycles. The van der Waals surface area contributed by atoms with Crippen LogP contribution in [-0.4, -0.2) is 54.5 Å². The molecular formula is C10H19N3O4. The van der Waals surface area contributed by atoms with E-state index in [1.807, 2.05) is 0 Å². The van der Waals surface area contributed by atoms with Gasteiger partial charge < -0.3 is 15.2 Å². The summed E-state index contributed by atoms with van der Waals surface area (Å²) in [5, 5.41) is 13.1. The molecule has 0 aliphatic carbocycles. The molecule has 3 N–H and O–H groups in total. The summed E-state index contributed by atoms with van der Waals surface area (Å²) in [4.78, 5) is 22.5. The zero-order valence-corrected chi connectivity index (χ0v) is 10.1.